The molecule has 0 aromatic heterocycles. The number of hydrogen-bond donors (Lipinski definition) is 2. The standard InChI is InChI=1S/C20H32F2N4O2/c1-4-27-17-9-7-8-16(18(17)28-19(21)22)13-25-20(23-3)24-12-15(2)14-26-10-5-6-11-26/h7-9,15,19H,4-6,10-14H2,1-3H3,(H2,23,24,25). The summed E-state index contributed by atoms with van der Waals surface area (Å²) >= 11 is 0. The van der Waals surface area contributed by atoms with Gasteiger partial charge in [0.2, 0.25) is 0 Å². The third-order valence-corrected chi connectivity index (χ3v) is 4.62. The van der Waals surface area contributed by atoms with Gasteiger partial charge in [-0.05, 0) is 44.8 Å². The van der Waals surface area contributed by atoms with E-state index in [1.165, 1.54) is 25.9 Å². The smallest absolute Gasteiger partial charge is 0.387 e. The Kier molecular flexibility index (Phi) is 9.27. The van der Waals surface area contributed by atoms with Gasteiger partial charge in [-0.1, -0.05) is 19.1 Å². The van der Waals surface area contributed by atoms with Gasteiger partial charge in [-0.2, -0.15) is 8.78 Å². The molecule has 1 saturated heterocycles. The van der Waals surface area contributed by atoms with Crippen LogP contribution in [0.5, 0.6) is 11.5 Å². The second kappa shape index (κ2) is 11.7. The number of ether oxygens (including phenoxy) is 2. The molecular formula is C20H32F2N4O2. The van der Waals surface area contributed by atoms with E-state index in [0.29, 0.717) is 36.3 Å². The number of rotatable bonds is 10. The highest BCUT2D eigenvalue weighted by Gasteiger charge is 2.17. The maximum absolute atomic E-state index is 12.8. The van der Waals surface area contributed by atoms with Crippen LogP contribution in [-0.4, -0.2) is 57.3 Å². The van der Waals surface area contributed by atoms with Gasteiger partial charge in [0.05, 0.1) is 6.61 Å². The first-order chi connectivity index (χ1) is 13.5. The van der Waals surface area contributed by atoms with Gasteiger partial charge < -0.3 is 25.0 Å². The van der Waals surface area contributed by atoms with E-state index in [1.54, 1.807) is 32.2 Å². The molecule has 6 nitrogen and oxygen atoms in total. The Labute approximate surface area is 166 Å². The number of aliphatic imine (C=N–C) groups is 1. The van der Waals surface area contributed by atoms with Crippen LogP contribution in [0.4, 0.5) is 8.78 Å². The van der Waals surface area contributed by atoms with E-state index in [9.17, 15) is 8.78 Å². The third-order valence-electron chi connectivity index (χ3n) is 4.62. The topological polar surface area (TPSA) is 58.1 Å². The summed E-state index contributed by atoms with van der Waals surface area (Å²) in [5.41, 5.74) is 0.583. The van der Waals surface area contributed by atoms with Gasteiger partial charge in [-0.3, -0.25) is 4.99 Å². The Hall–Kier alpha value is -2.09. The molecule has 2 rings (SSSR count). The van der Waals surface area contributed by atoms with Gasteiger partial charge in [0.1, 0.15) is 0 Å². The molecule has 1 unspecified atom stereocenters. The van der Waals surface area contributed by atoms with Crippen LogP contribution in [0.1, 0.15) is 32.3 Å². The summed E-state index contributed by atoms with van der Waals surface area (Å²) in [4.78, 5) is 6.70. The Morgan fingerprint density at radius 1 is 1.25 bits per heavy atom. The summed E-state index contributed by atoms with van der Waals surface area (Å²) in [6.45, 7) is 5.97. The molecule has 1 heterocycles. The van der Waals surface area contributed by atoms with E-state index < -0.39 is 6.61 Å². The molecule has 1 aromatic carbocycles. The Bertz CT molecular complexity index is 622. The highest BCUT2D eigenvalue weighted by molar-refractivity contribution is 5.79. The summed E-state index contributed by atoms with van der Waals surface area (Å²) in [7, 11) is 1.69. The minimum absolute atomic E-state index is 0.0599. The summed E-state index contributed by atoms with van der Waals surface area (Å²) in [5.74, 6) is 1.47. The molecule has 158 valence electrons. The van der Waals surface area contributed by atoms with Crippen molar-refractivity contribution in [3.63, 3.8) is 0 Å². The molecule has 1 atom stereocenters. The van der Waals surface area contributed by atoms with Crippen molar-refractivity contribution in [1.82, 2.24) is 15.5 Å². The number of para-hydroxylation sites is 1. The number of halogens is 2. The van der Waals surface area contributed by atoms with Crippen molar-refractivity contribution in [2.75, 3.05) is 39.8 Å². The molecule has 0 spiro atoms. The molecular weight excluding hydrogens is 366 g/mol. The molecule has 0 aliphatic carbocycles. The van der Waals surface area contributed by atoms with Crippen molar-refractivity contribution >= 4 is 5.96 Å². The number of alkyl halides is 2. The number of benzene rings is 1. The van der Waals surface area contributed by atoms with E-state index in [2.05, 4.69) is 27.4 Å². The van der Waals surface area contributed by atoms with Crippen LogP contribution in [0.25, 0.3) is 0 Å². The molecule has 0 amide bonds. The molecule has 8 heteroatoms. The van der Waals surface area contributed by atoms with Crippen molar-refractivity contribution in [2.24, 2.45) is 10.9 Å². The fourth-order valence-corrected chi connectivity index (χ4v) is 3.33. The van der Waals surface area contributed by atoms with Gasteiger partial charge in [0, 0.05) is 32.2 Å². The monoisotopic (exact) mass is 398 g/mol. The number of likely N-dealkylation sites (tertiary alicyclic amines) is 1. The molecule has 0 bridgehead atoms. The van der Waals surface area contributed by atoms with Crippen molar-refractivity contribution in [3.05, 3.63) is 23.8 Å². The minimum Gasteiger partial charge on any atom is -0.490 e. The van der Waals surface area contributed by atoms with E-state index in [1.807, 2.05) is 0 Å². The SMILES string of the molecule is CCOc1cccc(CNC(=NC)NCC(C)CN2CCCC2)c1OC(F)F. The average molecular weight is 398 g/mol. The van der Waals surface area contributed by atoms with E-state index in [-0.39, 0.29) is 5.75 Å². The van der Waals surface area contributed by atoms with Crippen molar-refractivity contribution in [1.29, 1.82) is 0 Å². The van der Waals surface area contributed by atoms with Crippen LogP contribution in [0, 0.1) is 5.92 Å². The Morgan fingerprint density at radius 3 is 2.64 bits per heavy atom. The lowest BCUT2D eigenvalue weighted by molar-refractivity contribution is -0.0520. The van der Waals surface area contributed by atoms with Gasteiger partial charge in [-0.25, -0.2) is 0 Å². The predicted molar refractivity (Wildman–Crippen MR) is 107 cm³/mol. The lowest BCUT2D eigenvalue weighted by atomic mass is 10.1. The minimum atomic E-state index is -2.91. The maximum atomic E-state index is 12.8. The summed E-state index contributed by atoms with van der Waals surface area (Å²) in [5, 5.41) is 6.47. The first-order valence-corrected chi connectivity index (χ1v) is 9.89. The zero-order chi connectivity index (χ0) is 20.4. The van der Waals surface area contributed by atoms with E-state index in [0.717, 1.165) is 13.1 Å². The molecule has 0 saturated carbocycles. The lowest BCUT2D eigenvalue weighted by Gasteiger charge is -2.22. The fraction of sp³-hybridized carbons (Fsp3) is 0.650. The first kappa shape index (κ1) is 22.2. The fourth-order valence-electron chi connectivity index (χ4n) is 3.33. The highest BCUT2D eigenvalue weighted by atomic mass is 19.3. The molecule has 1 aromatic rings. The van der Waals surface area contributed by atoms with Crippen molar-refractivity contribution in [2.45, 2.75) is 39.8 Å². The second-order valence-electron chi connectivity index (χ2n) is 6.98. The summed E-state index contributed by atoms with van der Waals surface area (Å²) in [6.07, 6.45) is 2.57. The van der Waals surface area contributed by atoms with Gasteiger partial charge >= 0.3 is 6.61 Å². The van der Waals surface area contributed by atoms with Gasteiger partial charge in [0.25, 0.3) is 0 Å². The molecule has 2 N–H and O–H groups in total. The van der Waals surface area contributed by atoms with E-state index in [4.69, 9.17) is 9.47 Å². The molecule has 1 aliphatic rings. The quantitative estimate of drug-likeness (QED) is 0.469. The number of nitrogens with one attached hydrogen (secondary N) is 2. The zero-order valence-electron chi connectivity index (χ0n) is 17.0. The Morgan fingerprint density at radius 2 is 2.00 bits per heavy atom. The zero-order valence-corrected chi connectivity index (χ0v) is 17.0. The van der Waals surface area contributed by atoms with Crippen molar-refractivity contribution < 1.29 is 18.3 Å². The second-order valence-corrected chi connectivity index (χ2v) is 6.98. The van der Waals surface area contributed by atoms with Crippen LogP contribution in [0.15, 0.2) is 23.2 Å². The van der Waals surface area contributed by atoms with Crippen LogP contribution in [0.2, 0.25) is 0 Å². The van der Waals surface area contributed by atoms with Crippen LogP contribution in [-0.2, 0) is 6.54 Å². The van der Waals surface area contributed by atoms with Crippen LogP contribution < -0.4 is 20.1 Å². The first-order valence-electron chi connectivity index (χ1n) is 9.89. The van der Waals surface area contributed by atoms with Crippen LogP contribution in [0.3, 0.4) is 0 Å². The number of nitrogens with zero attached hydrogens (tertiary/aromatic N) is 2. The largest absolute Gasteiger partial charge is 0.490 e. The maximum Gasteiger partial charge on any atom is 0.387 e. The summed E-state index contributed by atoms with van der Waals surface area (Å²) < 4.78 is 35.8. The molecule has 0 radical (unpaired) electrons. The highest BCUT2D eigenvalue weighted by Crippen LogP contribution is 2.32. The van der Waals surface area contributed by atoms with Crippen molar-refractivity contribution in [3.8, 4) is 11.5 Å². The molecule has 28 heavy (non-hydrogen) atoms. The van der Waals surface area contributed by atoms with Gasteiger partial charge in [0.15, 0.2) is 17.5 Å². The number of hydrogen-bond acceptors (Lipinski definition) is 4. The molecule has 1 fully saturated rings. The third kappa shape index (κ3) is 7.14. The van der Waals surface area contributed by atoms with Crippen LogP contribution >= 0.6 is 0 Å². The molecule has 1 aliphatic heterocycles. The lowest BCUT2D eigenvalue weighted by Crippen LogP contribution is -2.41. The Balaban J connectivity index is 1.90. The van der Waals surface area contributed by atoms with E-state index >= 15 is 0 Å². The van der Waals surface area contributed by atoms with Gasteiger partial charge in [-0.15, -0.1) is 0 Å². The average Bonchev–Trinajstić information content (AvgIpc) is 3.16. The predicted octanol–water partition coefficient (Wildman–Crippen LogP) is 3.08. The summed E-state index contributed by atoms with van der Waals surface area (Å²) in [6, 6.07) is 5.11. The normalized spacial score (nSPS) is 16.3. The number of guanidine groups is 1.